The molecule has 0 aromatic heterocycles. The first-order valence-electron chi connectivity index (χ1n) is 5.62. The van der Waals surface area contributed by atoms with Crippen LogP contribution in [0.2, 0.25) is 0 Å². The highest BCUT2D eigenvalue weighted by molar-refractivity contribution is 5.08. The molecule has 0 saturated heterocycles. The number of aliphatic hydroxyl groups excluding tert-OH is 1. The fourth-order valence-electron chi connectivity index (χ4n) is 2.97. The van der Waals surface area contributed by atoms with Gasteiger partial charge in [-0.15, -0.1) is 0 Å². The molecule has 14 heavy (non-hydrogen) atoms. The van der Waals surface area contributed by atoms with Crippen LogP contribution in [0.1, 0.15) is 53.4 Å². The highest BCUT2D eigenvalue weighted by atomic mass is 16.3. The smallest absolute Gasteiger partial charge is 0.0733 e. The third-order valence-corrected chi connectivity index (χ3v) is 3.82. The number of aliphatic hydroxyl groups is 2. The zero-order chi connectivity index (χ0) is 11.0. The van der Waals surface area contributed by atoms with Crippen molar-refractivity contribution in [2.45, 2.75) is 59.0 Å². The fraction of sp³-hybridized carbons (Fsp3) is 1.00. The molecular formula is C12H24O2. The number of hydrogen-bond acceptors (Lipinski definition) is 2. The lowest BCUT2D eigenvalue weighted by molar-refractivity contribution is -0.203. The summed E-state index contributed by atoms with van der Waals surface area (Å²) in [5, 5.41) is 19.9. The molecule has 1 fully saturated rings. The van der Waals surface area contributed by atoms with Crippen molar-refractivity contribution < 1.29 is 10.2 Å². The molecule has 1 rings (SSSR count). The van der Waals surface area contributed by atoms with Gasteiger partial charge in [-0.05, 0) is 24.7 Å². The summed E-state index contributed by atoms with van der Waals surface area (Å²) in [5.74, 6) is 0. The van der Waals surface area contributed by atoms with Crippen LogP contribution in [0.4, 0.5) is 0 Å². The van der Waals surface area contributed by atoms with Crippen molar-refractivity contribution in [3.63, 3.8) is 0 Å². The van der Waals surface area contributed by atoms with Gasteiger partial charge in [-0.1, -0.05) is 34.1 Å². The summed E-state index contributed by atoms with van der Waals surface area (Å²) in [4.78, 5) is 0. The van der Waals surface area contributed by atoms with E-state index >= 15 is 0 Å². The molecule has 1 aliphatic carbocycles. The minimum atomic E-state index is -0.638. The zero-order valence-corrected chi connectivity index (χ0v) is 9.93. The van der Waals surface area contributed by atoms with E-state index in [1.165, 1.54) is 0 Å². The van der Waals surface area contributed by atoms with E-state index in [9.17, 15) is 10.2 Å². The van der Waals surface area contributed by atoms with Crippen LogP contribution in [-0.2, 0) is 0 Å². The first-order chi connectivity index (χ1) is 6.29. The Hall–Kier alpha value is -0.0800. The van der Waals surface area contributed by atoms with E-state index in [1.807, 2.05) is 6.92 Å². The molecule has 0 heterocycles. The summed E-state index contributed by atoms with van der Waals surface area (Å²) in [6, 6.07) is 0. The largest absolute Gasteiger partial charge is 0.396 e. The van der Waals surface area contributed by atoms with Crippen molar-refractivity contribution in [3.8, 4) is 0 Å². The van der Waals surface area contributed by atoms with Crippen LogP contribution in [0.25, 0.3) is 0 Å². The highest BCUT2D eigenvalue weighted by Gasteiger charge is 2.57. The van der Waals surface area contributed by atoms with Crippen LogP contribution in [0.3, 0.4) is 0 Å². The molecule has 1 unspecified atom stereocenters. The van der Waals surface area contributed by atoms with E-state index in [0.29, 0.717) is 0 Å². The van der Waals surface area contributed by atoms with Crippen molar-refractivity contribution in [2.24, 2.45) is 10.8 Å². The molecule has 2 heteroatoms. The van der Waals surface area contributed by atoms with Gasteiger partial charge in [-0.2, -0.15) is 0 Å². The van der Waals surface area contributed by atoms with E-state index in [4.69, 9.17) is 0 Å². The SMILES string of the molecule is CCCC(C)(CO)C1(O)CC(C)(C)C1. The summed E-state index contributed by atoms with van der Waals surface area (Å²) >= 11 is 0. The average molecular weight is 200 g/mol. The number of rotatable bonds is 4. The van der Waals surface area contributed by atoms with Gasteiger partial charge in [0.15, 0.2) is 0 Å². The molecule has 0 radical (unpaired) electrons. The number of hydrogen-bond donors (Lipinski definition) is 2. The lowest BCUT2D eigenvalue weighted by atomic mass is 9.51. The first-order valence-corrected chi connectivity index (χ1v) is 5.62. The monoisotopic (exact) mass is 200 g/mol. The molecule has 0 amide bonds. The molecule has 1 atom stereocenters. The van der Waals surface area contributed by atoms with E-state index in [0.717, 1.165) is 25.7 Å². The van der Waals surface area contributed by atoms with Gasteiger partial charge in [0.1, 0.15) is 0 Å². The lowest BCUT2D eigenvalue weighted by Crippen LogP contribution is -2.60. The Labute approximate surface area is 87.3 Å². The van der Waals surface area contributed by atoms with Crippen LogP contribution in [0.5, 0.6) is 0 Å². The molecule has 0 spiro atoms. The van der Waals surface area contributed by atoms with Gasteiger partial charge < -0.3 is 10.2 Å². The summed E-state index contributed by atoms with van der Waals surface area (Å²) in [5.41, 5.74) is -0.697. The van der Waals surface area contributed by atoms with E-state index in [-0.39, 0.29) is 17.4 Å². The second-order valence-corrected chi connectivity index (χ2v) is 6.02. The highest BCUT2D eigenvalue weighted by Crippen LogP contribution is 2.57. The van der Waals surface area contributed by atoms with Gasteiger partial charge in [0.05, 0.1) is 12.2 Å². The molecular weight excluding hydrogens is 176 g/mol. The second kappa shape index (κ2) is 3.49. The van der Waals surface area contributed by atoms with E-state index < -0.39 is 5.60 Å². The van der Waals surface area contributed by atoms with Gasteiger partial charge >= 0.3 is 0 Å². The predicted octanol–water partition coefficient (Wildman–Crippen LogP) is 2.34. The van der Waals surface area contributed by atoms with Gasteiger partial charge in [-0.25, -0.2) is 0 Å². The lowest BCUT2D eigenvalue weighted by Gasteiger charge is -2.58. The van der Waals surface area contributed by atoms with Crippen molar-refractivity contribution >= 4 is 0 Å². The van der Waals surface area contributed by atoms with E-state index in [1.54, 1.807) is 0 Å². The van der Waals surface area contributed by atoms with Gasteiger partial charge in [0.2, 0.25) is 0 Å². The van der Waals surface area contributed by atoms with Gasteiger partial charge in [0, 0.05) is 5.41 Å². The van der Waals surface area contributed by atoms with Crippen molar-refractivity contribution in [2.75, 3.05) is 6.61 Å². The fourth-order valence-corrected chi connectivity index (χ4v) is 2.97. The van der Waals surface area contributed by atoms with Crippen LogP contribution >= 0.6 is 0 Å². The molecule has 0 aromatic rings. The Balaban J connectivity index is 2.71. The predicted molar refractivity (Wildman–Crippen MR) is 58.1 cm³/mol. The molecule has 2 nitrogen and oxygen atoms in total. The first kappa shape index (κ1) is 12.0. The summed E-state index contributed by atoms with van der Waals surface area (Å²) < 4.78 is 0. The second-order valence-electron chi connectivity index (χ2n) is 6.02. The summed E-state index contributed by atoms with van der Waals surface area (Å²) in [6.45, 7) is 8.54. The van der Waals surface area contributed by atoms with E-state index in [2.05, 4.69) is 20.8 Å². The third kappa shape index (κ3) is 1.82. The summed E-state index contributed by atoms with van der Waals surface area (Å²) in [7, 11) is 0. The Bertz CT molecular complexity index is 202. The zero-order valence-electron chi connectivity index (χ0n) is 9.93. The molecule has 0 bridgehead atoms. The van der Waals surface area contributed by atoms with Gasteiger partial charge in [-0.3, -0.25) is 0 Å². The minimum absolute atomic E-state index is 0.0907. The van der Waals surface area contributed by atoms with Gasteiger partial charge in [0.25, 0.3) is 0 Å². The Kier molecular flexibility index (Phi) is 2.99. The van der Waals surface area contributed by atoms with Crippen LogP contribution in [0.15, 0.2) is 0 Å². The molecule has 0 aliphatic heterocycles. The Morgan fingerprint density at radius 3 is 2.07 bits per heavy atom. The average Bonchev–Trinajstić information content (AvgIpc) is 2.00. The minimum Gasteiger partial charge on any atom is -0.396 e. The standard InChI is InChI=1S/C12H24O2/c1-5-6-11(4,9-13)12(14)7-10(2,3)8-12/h13-14H,5-9H2,1-4H3. The van der Waals surface area contributed by atoms with Crippen molar-refractivity contribution in [3.05, 3.63) is 0 Å². The van der Waals surface area contributed by atoms with Crippen LogP contribution in [-0.4, -0.2) is 22.4 Å². The maximum atomic E-state index is 10.4. The molecule has 1 aliphatic rings. The Morgan fingerprint density at radius 1 is 1.29 bits per heavy atom. The molecule has 2 N–H and O–H groups in total. The van der Waals surface area contributed by atoms with Crippen LogP contribution < -0.4 is 0 Å². The maximum absolute atomic E-state index is 10.4. The third-order valence-electron chi connectivity index (χ3n) is 3.82. The quantitative estimate of drug-likeness (QED) is 0.731. The Morgan fingerprint density at radius 2 is 1.79 bits per heavy atom. The summed E-state index contributed by atoms with van der Waals surface area (Å²) in [6.07, 6.45) is 3.55. The topological polar surface area (TPSA) is 40.5 Å². The molecule has 84 valence electrons. The van der Waals surface area contributed by atoms with Crippen molar-refractivity contribution in [1.82, 2.24) is 0 Å². The molecule has 1 saturated carbocycles. The normalized spacial score (nSPS) is 27.9. The van der Waals surface area contributed by atoms with Crippen LogP contribution in [0, 0.1) is 10.8 Å². The maximum Gasteiger partial charge on any atom is 0.0733 e. The molecule has 0 aromatic carbocycles. The van der Waals surface area contributed by atoms with Crippen molar-refractivity contribution in [1.29, 1.82) is 0 Å².